The van der Waals surface area contributed by atoms with Crippen molar-refractivity contribution in [2.75, 3.05) is 26.2 Å². The first kappa shape index (κ1) is 15.0. The largest absolute Gasteiger partial charge is 0.492 e. The molecule has 0 unspecified atom stereocenters. The van der Waals surface area contributed by atoms with E-state index in [-0.39, 0.29) is 0 Å². The Morgan fingerprint density at radius 2 is 1.86 bits per heavy atom. The third-order valence-electron chi connectivity index (χ3n) is 4.06. The molecule has 22 heavy (non-hydrogen) atoms. The van der Waals surface area contributed by atoms with Gasteiger partial charge in [-0.3, -0.25) is 4.90 Å². The molecule has 1 aliphatic rings. The molecule has 0 bridgehead atoms. The van der Waals surface area contributed by atoms with E-state index in [9.17, 15) is 0 Å². The Bertz CT molecular complexity index is 595. The van der Waals surface area contributed by atoms with Gasteiger partial charge in [0, 0.05) is 30.4 Å². The number of aryl methyl sites for hydroxylation is 2. The number of rotatable bonds is 5. The van der Waals surface area contributed by atoms with Crippen LogP contribution in [0, 0.1) is 13.8 Å². The van der Waals surface area contributed by atoms with Gasteiger partial charge in [-0.05, 0) is 45.0 Å². The zero-order valence-electron chi connectivity index (χ0n) is 13.3. The molecule has 0 aliphatic carbocycles. The van der Waals surface area contributed by atoms with E-state index in [0.29, 0.717) is 5.92 Å². The molecule has 0 N–H and O–H groups in total. The highest BCUT2D eigenvalue weighted by Gasteiger charge is 2.26. The summed E-state index contributed by atoms with van der Waals surface area (Å²) in [5, 5.41) is 0. The molecule has 1 fully saturated rings. The van der Waals surface area contributed by atoms with Crippen molar-refractivity contribution in [2.45, 2.75) is 26.2 Å². The fourth-order valence-electron chi connectivity index (χ4n) is 2.99. The predicted molar refractivity (Wildman–Crippen MR) is 87.2 cm³/mol. The van der Waals surface area contributed by atoms with Crippen molar-refractivity contribution in [3.8, 4) is 5.75 Å². The van der Waals surface area contributed by atoms with E-state index in [1.165, 1.54) is 0 Å². The van der Waals surface area contributed by atoms with Crippen LogP contribution in [0.2, 0.25) is 0 Å². The van der Waals surface area contributed by atoms with Crippen LogP contribution in [0.5, 0.6) is 5.75 Å². The summed E-state index contributed by atoms with van der Waals surface area (Å²) in [6.45, 7) is 7.89. The summed E-state index contributed by atoms with van der Waals surface area (Å²) >= 11 is 0. The number of nitrogens with zero attached hydrogens (tertiary/aromatic N) is 3. The third kappa shape index (κ3) is 3.83. The zero-order valence-corrected chi connectivity index (χ0v) is 13.3. The number of benzene rings is 1. The number of hydrogen-bond donors (Lipinski definition) is 0. The van der Waals surface area contributed by atoms with Gasteiger partial charge in [0.1, 0.15) is 18.2 Å². The Morgan fingerprint density at radius 3 is 2.59 bits per heavy atom. The Balaban J connectivity index is 1.50. The van der Waals surface area contributed by atoms with Gasteiger partial charge in [-0.15, -0.1) is 0 Å². The SMILES string of the molecule is Cc1cc(C)nc([C@H]2CCN(CCOc3ccccc3)C2)n1. The molecule has 1 aliphatic heterocycles. The van der Waals surface area contributed by atoms with Gasteiger partial charge in [0.2, 0.25) is 0 Å². The van der Waals surface area contributed by atoms with Crippen LogP contribution in [0.25, 0.3) is 0 Å². The quantitative estimate of drug-likeness (QED) is 0.850. The average Bonchev–Trinajstić information content (AvgIpc) is 2.96. The van der Waals surface area contributed by atoms with E-state index in [1.807, 2.05) is 50.2 Å². The van der Waals surface area contributed by atoms with Crippen molar-refractivity contribution in [3.05, 3.63) is 53.6 Å². The Hall–Kier alpha value is -1.94. The zero-order chi connectivity index (χ0) is 15.4. The number of para-hydroxylation sites is 1. The molecular formula is C18H23N3O. The second kappa shape index (κ2) is 6.88. The van der Waals surface area contributed by atoms with E-state index in [0.717, 1.165) is 55.6 Å². The lowest BCUT2D eigenvalue weighted by Gasteiger charge is -2.16. The molecule has 1 saturated heterocycles. The lowest BCUT2D eigenvalue weighted by atomic mass is 10.1. The fourth-order valence-corrected chi connectivity index (χ4v) is 2.99. The van der Waals surface area contributed by atoms with Crippen molar-refractivity contribution in [2.24, 2.45) is 0 Å². The summed E-state index contributed by atoms with van der Waals surface area (Å²) in [6.07, 6.45) is 1.13. The summed E-state index contributed by atoms with van der Waals surface area (Å²) < 4.78 is 5.77. The first-order valence-electron chi connectivity index (χ1n) is 7.93. The van der Waals surface area contributed by atoms with E-state index >= 15 is 0 Å². The molecule has 3 rings (SSSR count). The maximum Gasteiger partial charge on any atom is 0.133 e. The highest BCUT2D eigenvalue weighted by Crippen LogP contribution is 2.24. The number of ether oxygens (including phenoxy) is 1. The van der Waals surface area contributed by atoms with Gasteiger partial charge in [-0.25, -0.2) is 9.97 Å². The topological polar surface area (TPSA) is 38.2 Å². The summed E-state index contributed by atoms with van der Waals surface area (Å²) in [7, 11) is 0. The van der Waals surface area contributed by atoms with E-state index in [1.54, 1.807) is 0 Å². The molecule has 1 atom stereocenters. The maximum absolute atomic E-state index is 5.77. The van der Waals surface area contributed by atoms with Crippen LogP contribution in [0.1, 0.15) is 29.6 Å². The summed E-state index contributed by atoms with van der Waals surface area (Å²) in [5.74, 6) is 2.40. The minimum Gasteiger partial charge on any atom is -0.492 e. The van der Waals surface area contributed by atoms with Crippen LogP contribution >= 0.6 is 0 Å². The molecule has 2 heterocycles. The van der Waals surface area contributed by atoms with Crippen LogP contribution in [0.15, 0.2) is 36.4 Å². The van der Waals surface area contributed by atoms with Crippen LogP contribution in [0.4, 0.5) is 0 Å². The molecule has 0 radical (unpaired) electrons. The average molecular weight is 297 g/mol. The number of hydrogen-bond acceptors (Lipinski definition) is 4. The minimum atomic E-state index is 0.454. The third-order valence-corrected chi connectivity index (χ3v) is 4.06. The smallest absolute Gasteiger partial charge is 0.133 e. The molecule has 1 aromatic heterocycles. The van der Waals surface area contributed by atoms with Crippen LogP contribution in [0.3, 0.4) is 0 Å². The molecule has 0 amide bonds. The summed E-state index contributed by atoms with van der Waals surface area (Å²) in [4.78, 5) is 11.7. The van der Waals surface area contributed by atoms with Crippen molar-refractivity contribution < 1.29 is 4.74 Å². The monoisotopic (exact) mass is 297 g/mol. The van der Waals surface area contributed by atoms with Gasteiger partial charge in [0.25, 0.3) is 0 Å². The van der Waals surface area contributed by atoms with Crippen molar-refractivity contribution in [1.29, 1.82) is 0 Å². The standard InChI is InChI=1S/C18H23N3O/c1-14-12-15(2)20-18(19-14)16-8-9-21(13-16)10-11-22-17-6-4-3-5-7-17/h3-7,12,16H,8-11,13H2,1-2H3/t16-/m0/s1. The second-order valence-corrected chi connectivity index (χ2v) is 5.96. The molecular weight excluding hydrogens is 274 g/mol. The van der Waals surface area contributed by atoms with Crippen molar-refractivity contribution in [3.63, 3.8) is 0 Å². The number of aromatic nitrogens is 2. The van der Waals surface area contributed by atoms with Gasteiger partial charge in [0.15, 0.2) is 0 Å². The fraction of sp³-hybridized carbons (Fsp3) is 0.444. The lowest BCUT2D eigenvalue weighted by molar-refractivity contribution is 0.236. The van der Waals surface area contributed by atoms with E-state index in [2.05, 4.69) is 14.9 Å². The molecule has 0 spiro atoms. The predicted octanol–water partition coefficient (Wildman–Crippen LogP) is 2.96. The van der Waals surface area contributed by atoms with Crippen LogP contribution in [-0.2, 0) is 0 Å². The molecule has 2 aromatic rings. The van der Waals surface area contributed by atoms with E-state index < -0.39 is 0 Å². The van der Waals surface area contributed by atoms with Gasteiger partial charge >= 0.3 is 0 Å². The van der Waals surface area contributed by atoms with Gasteiger partial charge in [-0.2, -0.15) is 0 Å². The second-order valence-electron chi connectivity index (χ2n) is 5.96. The molecule has 1 aromatic carbocycles. The highest BCUT2D eigenvalue weighted by molar-refractivity contribution is 5.20. The molecule has 0 saturated carbocycles. The molecule has 4 nitrogen and oxygen atoms in total. The maximum atomic E-state index is 5.77. The Labute approximate surface area is 132 Å². The van der Waals surface area contributed by atoms with Crippen molar-refractivity contribution in [1.82, 2.24) is 14.9 Å². The highest BCUT2D eigenvalue weighted by atomic mass is 16.5. The minimum absolute atomic E-state index is 0.454. The van der Waals surface area contributed by atoms with Gasteiger partial charge < -0.3 is 4.74 Å². The van der Waals surface area contributed by atoms with E-state index in [4.69, 9.17) is 4.74 Å². The summed E-state index contributed by atoms with van der Waals surface area (Å²) in [5.41, 5.74) is 2.13. The molecule has 4 heteroatoms. The van der Waals surface area contributed by atoms with Gasteiger partial charge in [0.05, 0.1) is 0 Å². The first-order chi connectivity index (χ1) is 10.7. The Kier molecular flexibility index (Phi) is 4.68. The van der Waals surface area contributed by atoms with Crippen LogP contribution < -0.4 is 4.74 Å². The molecule has 116 valence electrons. The van der Waals surface area contributed by atoms with Gasteiger partial charge in [-0.1, -0.05) is 18.2 Å². The number of likely N-dealkylation sites (tertiary alicyclic amines) is 1. The Morgan fingerprint density at radius 1 is 1.14 bits per heavy atom. The van der Waals surface area contributed by atoms with Crippen molar-refractivity contribution >= 4 is 0 Å². The van der Waals surface area contributed by atoms with Crippen LogP contribution in [-0.4, -0.2) is 41.1 Å². The lowest BCUT2D eigenvalue weighted by Crippen LogP contribution is -2.26. The normalized spacial score (nSPS) is 18.5. The summed E-state index contributed by atoms with van der Waals surface area (Å²) in [6, 6.07) is 12.0. The first-order valence-corrected chi connectivity index (χ1v) is 7.93.